The monoisotopic (exact) mass is 343 g/mol. The third-order valence-electron chi connectivity index (χ3n) is 3.22. The number of hydrogen-bond acceptors (Lipinski definition) is 4. The van der Waals surface area contributed by atoms with Gasteiger partial charge in [0.15, 0.2) is 0 Å². The Morgan fingerprint density at radius 1 is 1.45 bits per heavy atom. The van der Waals surface area contributed by atoms with Crippen molar-refractivity contribution < 1.29 is 19.4 Å². The molecule has 5 nitrogen and oxygen atoms in total. The molecule has 1 atom stereocenters. The van der Waals surface area contributed by atoms with Crippen LogP contribution >= 0.6 is 15.9 Å². The van der Waals surface area contributed by atoms with Crippen LogP contribution in [0.3, 0.4) is 0 Å². The second kappa shape index (κ2) is 7.61. The number of carbonyl (C=O) groups is 1. The van der Waals surface area contributed by atoms with Gasteiger partial charge in [-0.15, -0.1) is 0 Å². The first kappa shape index (κ1) is 15.3. The van der Waals surface area contributed by atoms with E-state index in [9.17, 15) is 4.79 Å². The first-order valence-corrected chi connectivity index (χ1v) is 7.36. The molecule has 2 rings (SSSR count). The van der Waals surface area contributed by atoms with Crippen LogP contribution in [0.1, 0.15) is 6.42 Å². The predicted molar refractivity (Wildman–Crippen MR) is 78.1 cm³/mol. The van der Waals surface area contributed by atoms with Crippen LogP contribution in [-0.2, 0) is 9.53 Å². The van der Waals surface area contributed by atoms with Crippen LogP contribution in [0.25, 0.3) is 0 Å². The van der Waals surface area contributed by atoms with Gasteiger partial charge in [0.1, 0.15) is 12.4 Å². The summed E-state index contributed by atoms with van der Waals surface area (Å²) < 4.78 is 12.0. The highest BCUT2D eigenvalue weighted by Gasteiger charge is 2.24. The quantitative estimate of drug-likeness (QED) is 0.856. The zero-order valence-electron chi connectivity index (χ0n) is 11.1. The second-order valence-corrected chi connectivity index (χ2v) is 5.58. The van der Waals surface area contributed by atoms with E-state index in [0.717, 1.165) is 16.8 Å². The molecule has 20 heavy (non-hydrogen) atoms. The summed E-state index contributed by atoms with van der Waals surface area (Å²) in [5.41, 5.74) is 0. The van der Waals surface area contributed by atoms with E-state index < -0.39 is 5.97 Å². The van der Waals surface area contributed by atoms with Crippen molar-refractivity contribution >= 4 is 21.9 Å². The van der Waals surface area contributed by atoms with Crippen molar-refractivity contribution in [1.29, 1.82) is 0 Å². The van der Waals surface area contributed by atoms with Crippen LogP contribution in [0.5, 0.6) is 5.75 Å². The lowest BCUT2D eigenvalue weighted by atomic mass is 10.1. The van der Waals surface area contributed by atoms with E-state index in [4.69, 9.17) is 14.6 Å². The normalized spacial score (nSPS) is 19.8. The molecule has 0 saturated carbocycles. The van der Waals surface area contributed by atoms with Crippen LogP contribution < -0.4 is 4.74 Å². The van der Waals surface area contributed by atoms with Crippen LogP contribution in [0, 0.1) is 0 Å². The van der Waals surface area contributed by atoms with Crippen molar-refractivity contribution in [2.75, 3.05) is 32.9 Å². The van der Waals surface area contributed by atoms with E-state index in [1.54, 1.807) is 0 Å². The zero-order valence-corrected chi connectivity index (χ0v) is 12.7. The van der Waals surface area contributed by atoms with Gasteiger partial charge in [0.05, 0.1) is 19.6 Å². The average molecular weight is 344 g/mol. The Balaban J connectivity index is 1.79. The average Bonchev–Trinajstić information content (AvgIpc) is 2.42. The fourth-order valence-corrected chi connectivity index (χ4v) is 2.45. The number of ether oxygens (including phenoxy) is 2. The number of nitrogens with zero attached hydrogens (tertiary/aromatic N) is 1. The molecule has 1 N–H and O–H groups in total. The number of halogens is 1. The Hall–Kier alpha value is -1.11. The highest BCUT2D eigenvalue weighted by molar-refractivity contribution is 9.10. The Kier molecular flexibility index (Phi) is 5.82. The van der Waals surface area contributed by atoms with Crippen molar-refractivity contribution in [3.05, 3.63) is 28.7 Å². The van der Waals surface area contributed by atoms with E-state index in [0.29, 0.717) is 26.4 Å². The lowest BCUT2D eigenvalue weighted by Crippen LogP contribution is -2.47. The summed E-state index contributed by atoms with van der Waals surface area (Å²) in [4.78, 5) is 12.9. The minimum Gasteiger partial charge on any atom is -0.492 e. The van der Waals surface area contributed by atoms with Gasteiger partial charge in [-0.05, 0) is 24.3 Å². The SMILES string of the molecule is O=C(O)CC1COCCN1CCOc1ccc(Br)cc1. The smallest absolute Gasteiger partial charge is 0.305 e. The van der Waals surface area contributed by atoms with Crippen LogP contribution in [0.4, 0.5) is 0 Å². The maximum absolute atomic E-state index is 10.8. The minimum absolute atomic E-state index is 0.0604. The molecule has 0 amide bonds. The first-order chi connectivity index (χ1) is 9.65. The van der Waals surface area contributed by atoms with Gasteiger partial charge in [-0.2, -0.15) is 0 Å². The Labute approximate surface area is 126 Å². The first-order valence-electron chi connectivity index (χ1n) is 6.57. The van der Waals surface area contributed by atoms with Crippen molar-refractivity contribution in [2.24, 2.45) is 0 Å². The van der Waals surface area contributed by atoms with E-state index in [1.165, 1.54) is 0 Å². The van der Waals surface area contributed by atoms with Gasteiger partial charge in [-0.1, -0.05) is 15.9 Å². The van der Waals surface area contributed by atoms with Crippen molar-refractivity contribution in [3.8, 4) is 5.75 Å². The zero-order chi connectivity index (χ0) is 14.4. The molecule has 1 aromatic carbocycles. The summed E-state index contributed by atoms with van der Waals surface area (Å²) in [6, 6.07) is 7.60. The fraction of sp³-hybridized carbons (Fsp3) is 0.500. The molecular formula is C14H18BrNO4. The van der Waals surface area contributed by atoms with E-state index in [-0.39, 0.29) is 12.5 Å². The third-order valence-corrected chi connectivity index (χ3v) is 3.75. The van der Waals surface area contributed by atoms with Gasteiger partial charge in [-0.3, -0.25) is 9.69 Å². The van der Waals surface area contributed by atoms with E-state index in [1.807, 2.05) is 24.3 Å². The van der Waals surface area contributed by atoms with Gasteiger partial charge in [0.25, 0.3) is 0 Å². The lowest BCUT2D eigenvalue weighted by Gasteiger charge is -2.34. The maximum Gasteiger partial charge on any atom is 0.305 e. The van der Waals surface area contributed by atoms with Gasteiger partial charge >= 0.3 is 5.97 Å². The summed E-state index contributed by atoms with van der Waals surface area (Å²) in [7, 11) is 0. The minimum atomic E-state index is -0.792. The number of hydrogen-bond donors (Lipinski definition) is 1. The molecule has 1 saturated heterocycles. The van der Waals surface area contributed by atoms with Gasteiger partial charge in [-0.25, -0.2) is 0 Å². The molecule has 0 radical (unpaired) electrons. The summed E-state index contributed by atoms with van der Waals surface area (Å²) >= 11 is 3.37. The summed E-state index contributed by atoms with van der Waals surface area (Å²) in [5, 5.41) is 8.90. The number of rotatable bonds is 6. The maximum atomic E-state index is 10.8. The Morgan fingerprint density at radius 3 is 2.90 bits per heavy atom. The predicted octanol–water partition coefficient (Wildman–Crippen LogP) is 2.00. The second-order valence-electron chi connectivity index (χ2n) is 4.66. The molecule has 6 heteroatoms. The molecule has 1 fully saturated rings. The molecule has 0 aliphatic carbocycles. The Morgan fingerprint density at radius 2 is 2.20 bits per heavy atom. The molecule has 0 spiro atoms. The molecule has 0 aromatic heterocycles. The number of morpholine rings is 1. The van der Waals surface area contributed by atoms with Crippen LogP contribution in [0.15, 0.2) is 28.7 Å². The largest absolute Gasteiger partial charge is 0.492 e. The van der Waals surface area contributed by atoms with E-state index >= 15 is 0 Å². The molecule has 110 valence electrons. The lowest BCUT2D eigenvalue weighted by molar-refractivity contribution is -0.140. The van der Waals surface area contributed by atoms with Crippen LogP contribution in [-0.4, -0.2) is 54.9 Å². The third kappa shape index (κ3) is 4.77. The topological polar surface area (TPSA) is 59.0 Å². The summed E-state index contributed by atoms with van der Waals surface area (Å²) in [6.45, 7) is 3.12. The Bertz CT molecular complexity index is 437. The van der Waals surface area contributed by atoms with Crippen molar-refractivity contribution in [2.45, 2.75) is 12.5 Å². The van der Waals surface area contributed by atoms with Crippen molar-refractivity contribution in [3.63, 3.8) is 0 Å². The summed E-state index contributed by atoms with van der Waals surface area (Å²) in [6.07, 6.45) is 0.109. The van der Waals surface area contributed by atoms with Gasteiger partial charge < -0.3 is 14.6 Å². The molecule has 1 aromatic rings. The van der Waals surface area contributed by atoms with Gasteiger partial charge in [0, 0.05) is 23.6 Å². The standard InChI is InChI=1S/C14H18BrNO4/c15-11-1-3-13(4-2-11)20-8-6-16-5-7-19-10-12(16)9-14(17)18/h1-4,12H,5-10H2,(H,17,18). The summed E-state index contributed by atoms with van der Waals surface area (Å²) in [5.74, 6) is 0.0237. The molecule has 0 bridgehead atoms. The molecular weight excluding hydrogens is 326 g/mol. The van der Waals surface area contributed by atoms with Gasteiger partial charge in [0.2, 0.25) is 0 Å². The van der Waals surface area contributed by atoms with Crippen molar-refractivity contribution in [1.82, 2.24) is 4.90 Å². The van der Waals surface area contributed by atoms with Crippen LogP contribution in [0.2, 0.25) is 0 Å². The number of aliphatic carboxylic acids is 1. The molecule has 1 heterocycles. The molecule has 1 unspecified atom stereocenters. The fourth-order valence-electron chi connectivity index (χ4n) is 2.18. The number of carboxylic acid groups (broad SMARTS) is 1. The highest BCUT2D eigenvalue weighted by atomic mass is 79.9. The number of benzene rings is 1. The highest BCUT2D eigenvalue weighted by Crippen LogP contribution is 2.16. The molecule has 1 aliphatic heterocycles. The number of carboxylic acids is 1. The molecule has 1 aliphatic rings. The van der Waals surface area contributed by atoms with E-state index in [2.05, 4.69) is 20.8 Å².